The van der Waals surface area contributed by atoms with Crippen LogP contribution < -0.4 is 0 Å². The van der Waals surface area contributed by atoms with E-state index in [9.17, 15) is 4.79 Å². The van der Waals surface area contributed by atoms with Crippen LogP contribution >= 0.6 is 0 Å². The monoisotopic (exact) mass is 174 g/mol. The van der Waals surface area contributed by atoms with Crippen molar-refractivity contribution in [1.82, 2.24) is 0 Å². The summed E-state index contributed by atoms with van der Waals surface area (Å²) < 4.78 is 0. The molecule has 0 unspecified atom stereocenters. The van der Waals surface area contributed by atoms with Crippen molar-refractivity contribution in [2.24, 2.45) is 0 Å². The number of rotatable bonds is 1. The third kappa shape index (κ3) is 1.09. The first-order chi connectivity index (χ1) is 3.80. The summed E-state index contributed by atoms with van der Waals surface area (Å²) in [6.07, 6.45) is 0. The minimum absolute atomic E-state index is 0.181. The van der Waals surface area contributed by atoms with E-state index >= 15 is 0 Å². The SMILES string of the molecule is CC(=O)c1cc[se]c1. The van der Waals surface area contributed by atoms with E-state index in [1.54, 1.807) is 6.92 Å². The summed E-state index contributed by atoms with van der Waals surface area (Å²) in [7, 11) is 0. The average Bonchev–Trinajstić information content (AvgIpc) is 2.12. The van der Waals surface area contributed by atoms with E-state index in [4.69, 9.17) is 0 Å². The Morgan fingerprint density at radius 3 is 2.75 bits per heavy atom. The van der Waals surface area contributed by atoms with Gasteiger partial charge in [-0.1, -0.05) is 0 Å². The summed E-state index contributed by atoms with van der Waals surface area (Å²) in [4.78, 5) is 14.6. The van der Waals surface area contributed by atoms with Crippen LogP contribution in [0.2, 0.25) is 0 Å². The summed E-state index contributed by atoms with van der Waals surface area (Å²) in [5.41, 5.74) is 0.880. The van der Waals surface area contributed by atoms with Crippen molar-refractivity contribution in [2.75, 3.05) is 0 Å². The van der Waals surface area contributed by atoms with Gasteiger partial charge < -0.3 is 0 Å². The summed E-state index contributed by atoms with van der Waals surface area (Å²) >= 11 is 0.459. The molecule has 1 aromatic rings. The van der Waals surface area contributed by atoms with E-state index in [0.717, 1.165) is 5.56 Å². The zero-order chi connectivity index (χ0) is 5.98. The normalized spacial score (nSPS) is 9.12. The number of Topliss-reactive ketones (excluding diaryl/α,β-unsaturated/α-hetero) is 1. The quantitative estimate of drug-likeness (QED) is 0.456. The molecule has 0 aliphatic heterocycles. The molecule has 0 radical (unpaired) electrons. The number of carbonyl (C=O) groups is 1. The van der Waals surface area contributed by atoms with Crippen LogP contribution in [-0.2, 0) is 0 Å². The van der Waals surface area contributed by atoms with Crippen LogP contribution in [0.4, 0.5) is 0 Å². The Morgan fingerprint density at radius 1 is 1.75 bits per heavy atom. The second-order valence-corrected chi connectivity index (χ2v) is 3.20. The van der Waals surface area contributed by atoms with Crippen molar-refractivity contribution in [1.29, 1.82) is 0 Å². The Bertz CT molecular complexity index is 176. The fourth-order valence-corrected chi connectivity index (χ4v) is 1.92. The van der Waals surface area contributed by atoms with Crippen LogP contribution in [0.15, 0.2) is 15.9 Å². The van der Waals surface area contributed by atoms with Crippen LogP contribution in [0.5, 0.6) is 0 Å². The Morgan fingerprint density at radius 2 is 2.50 bits per heavy atom. The van der Waals surface area contributed by atoms with E-state index in [1.807, 2.05) is 15.9 Å². The second-order valence-electron chi connectivity index (χ2n) is 1.57. The van der Waals surface area contributed by atoms with Crippen molar-refractivity contribution < 1.29 is 4.79 Å². The van der Waals surface area contributed by atoms with Crippen LogP contribution in [0.3, 0.4) is 0 Å². The molecule has 0 aromatic carbocycles. The van der Waals surface area contributed by atoms with Crippen LogP contribution in [-0.4, -0.2) is 20.3 Å². The van der Waals surface area contributed by atoms with Gasteiger partial charge in [-0.2, -0.15) is 0 Å². The molecule has 42 valence electrons. The number of ketones is 1. The van der Waals surface area contributed by atoms with Gasteiger partial charge in [-0.15, -0.1) is 0 Å². The van der Waals surface area contributed by atoms with E-state index in [2.05, 4.69) is 0 Å². The van der Waals surface area contributed by atoms with E-state index < -0.39 is 0 Å². The molecular formula is C6H6OSe. The predicted molar refractivity (Wildman–Crippen MR) is 33.4 cm³/mol. The van der Waals surface area contributed by atoms with Crippen molar-refractivity contribution in [3.8, 4) is 0 Å². The summed E-state index contributed by atoms with van der Waals surface area (Å²) in [5.74, 6) is 0.181. The maximum absolute atomic E-state index is 10.5. The van der Waals surface area contributed by atoms with Crippen LogP contribution in [0.1, 0.15) is 17.3 Å². The molecule has 0 spiro atoms. The Kier molecular flexibility index (Phi) is 1.66. The van der Waals surface area contributed by atoms with Gasteiger partial charge >= 0.3 is 53.5 Å². The van der Waals surface area contributed by atoms with Gasteiger partial charge in [-0.3, -0.25) is 0 Å². The van der Waals surface area contributed by atoms with Gasteiger partial charge in [-0.05, 0) is 0 Å². The number of carbonyl (C=O) groups excluding carboxylic acids is 1. The second kappa shape index (κ2) is 2.29. The first-order valence-corrected chi connectivity index (χ1v) is 4.31. The van der Waals surface area contributed by atoms with Crippen molar-refractivity contribution in [3.05, 3.63) is 21.5 Å². The molecule has 0 bridgehead atoms. The molecule has 0 N–H and O–H groups in total. The van der Waals surface area contributed by atoms with E-state index in [-0.39, 0.29) is 5.78 Å². The first kappa shape index (κ1) is 5.80. The van der Waals surface area contributed by atoms with E-state index in [1.165, 1.54) is 0 Å². The number of hydrogen-bond acceptors (Lipinski definition) is 1. The molecule has 1 aromatic heterocycles. The van der Waals surface area contributed by atoms with Gasteiger partial charge in [0.15, 0.2) is 0 Å². The van der Waals surface area contributed by atoms with Gasteiger partial charge in [0.05, 0.1) is 0 Å². The molecule has 1 nitrogen and oxygen atoms in total. The Balaban J connectivity index is 2.93. The van der Waals surface area contributed by atoms with Crippen molar-refractivity contribution in [2.45, 2.75) is 6.92 Å². The minimum atomic E-state index is 0.181. The van der Waals surface area contributed by atoms with E-state index in [0.29, 0.717) is 14.5 Å². The molecule has 0 fully saturated rings. The van der Waals surface area contributed by atoms with Gasteiger partial charge in [0.1, 0.15) is 0 Å². The molecular weight excluding hydrogens is 167 g/mol. The molecule has 0 saturated heterocycles. The van der Waals surface area contributed by atoms with Gasteiger partial charge in [0.2, 0.25) is 0 Å². The topological polar surface area (TPSA) is 17.1 Å². The van der Waals surface area contributed by atoms with Gasteiger partial charge in [-0.25, -0.2) is 0 Å². The molecule has 0 atom stereocenters. The number of hydrogen-bond donors (Lipinski definition) is 0. The molecule has 0 aliphatic carbocycles. The Labute approximate surface area is 54.1 Å². The molecule has 8 heavy (non-hydrogen) atoms. The zero-order valence-electron chi connectivity index (χ0n) is 4.55. The average molecular weight is 173 g/mol. The molecule has 0 aliphatic rings. The third-order valence-electron chi connectivity index (χ3n) is 0.928. The zero-order valence-corrected chi connectivity index (χ0v) is 6.26. The molecule has 2 heteroatoms. The molecule has 0 amide bonds. The first-order valence-electron chi connectivity index (χ1n) is 2.34. The molecule has 0 saturated carbocycles. The third-order valence-corrected chi connectivity index (χ3v) is 2.36. The molecule has 1 rings (SSSR count). The van der Waals surface area contributed by atoms with Crippen LogP contribution in [0, 0.1) is 0 Å². The summed E-state index contributed by atoms with van der Waals surface area (Å²) in [6.45, 7) is 1.59. The van der Waals surface area contributed by atoms with Crippen LogP contribution in [0.25, 0.3) is 0 Å². The fourth-order valence-electron chi connectivity index (χ4n) is 0.465. The maximum atomic E-state index is 10.5. The van der Waals surface area contributed by atoms with Gasteiger partial charge in [0, 0.05) is 0 Å². The summed E-state index contributed by atoms with van der Waals surface area (Å²) in [6, 6.07) is 1.89. The van der Waals surface area contributed by atoms with Crippen molar-refractivity contribution in [3.63, 3.8) is 0 Å². The standard InChI is InChI=1S/C6H6OSe/c1-5(7)6-2-3-8-4-6/h2-4H,1H3. The predicted octanol–water partition coefficient (Wildman–Crippen LogP) is 0.946. The Hall–Kier alpha value is -0.331. The molecule has 1 heterocycles. The summed E-state index contributed by atoms with van der Waals surface area (Å²) in [5, 5.41) is 0. The van der Waals surface area contributed by atoms with Crippen molar-refractivity contribution >= 4 is 20.3 Å². The fraction of sp³-hybridized carbons (Fsp3) is 0.167. The van der Waals surface area contributed by atoms with Gasteiger partial charge in [0.25, 0.3) is 0 Å².